The van der Waals surface area contributed by atoms with Gasteiger partial charge in [0, 0.05) is 43.7 Å². The molecule has 4 aromatic heterocycles. The molecule has 0 aliphatic heterocycles. The van der Waals surface area contributed by atoms with Crippen molar-refractivity contribution in [3.8, 4) is 33.6 Å². The van der Waals surface area contributed by atoms with Crippen LogP contribution in [-0.2, 0) is 0 Å². The third-order valence-electron chi connectivity index (χ3n) is 12.4. The largest absolute Gasteiger partial charge is 0.456 e. The molecule has 0 aliphatic rings. The molecule has 6 nitrogen and oxygen atoms in total. The second-order valence-electron chi connectivity index (χ2n) is 16.1. The van der Waals surface area contributed by atoms with Crippen LogP contribution in [-0.4, -0.2) is 19.1 Å². The van der Waals surface area contributed by atoms with Crippen LogP contribution in [0.25, 0.3) is 111 Å². The smallest absolute Gasteiger partial charge is 0.135 e. The van der Waals surface area contributed by atoms with E-state index in [9.17, 15) is 0 Å². The Morgan fingerprint density at radius 2 is 1.08 bits per heavy atom. The monoisotopic (exact) mass is 845 g/mol. The number of nitrogens with zero attached hydrogens (tertiary/aromatic N) is 3. The molecule has 11 aromatic rings. The van der Waals surface area contributed by atoms with Crippen molar-refractivity contribution in [2.24, 2.45) is 0 Å². The van der Waals surface area contributed by atoms with Gasteiger partial charge < -0.3 is 29.6 Å². The van der Waals surface area contributed by atoms with Gasteiger partial charge in [0.15, 0.2) is 0 Å². The van der Waals surface area contributed by atoms with Gasteiger partial charge in [-0.05, 0) is 109 Å². The predicted octanol–water partition coefficient (Wildman–Crippen LogP) is 15.0. The number of aromatic nitrogens is 3. The van der Waals surface area contributed by atoms with Gasteiger partial charge >= 0.3 is 0 Å². The number of anilines is 2. The molecule has 4 N–H and O–H groups in total. The minimum Gasteiger partial charge on any atom is -0.456 e. The molecule has 0 unspecified atom stereocenters. The van der Waals surface area contributed by atoms with Crippen molar-refractivity contribution in [3.05, 3.63) is 194 Å². The van der Waals surface area contributed by atoms with Crippen LogP contribution in [0.4, 0.5) is 11.4 Å². The third kappa shape index (κ3) is 5.91. The first-order chi connectivity index (χ1) is 31.4. The molecular weight excluding hydrogens is 802 g/mol. The Hall–Kier alpha value is -8.05. The molecule has 7 aromatic carbocycles. The van der Waals surface area contributed by atoms with Gasteiger partial charge in [-0.2, -0.15) is 0 Å². The lowest BCUT2D eigenvalue weighted by atomic mass is 10.0. The second kappa shape index (κ2) is 15.4. The van der Waals surface area contributed by atoms with Gasteiger partial charge in [0.25, 0.3) is 0 Å². The summed E-state index contributed by atoms with van der Waals surface area (Å²) in [4.78, 5) is 0. The molecule has 0 bridgehead atoms. The standard InChI is InChI=1S/C57H44N5OP/c1-4-7-25-51(64)62-56-42(27-29-45-52(56)54(58)47(15-5-2)60(45)39-21-13-19-36(32-39)35-17-9-8-10-18-35)43-28-30-46-53(57(43)62)55(59)48(16-6-3)61(46)40-22-14-20-37(33-40)38-26-31-50-44(34-38)41-23-11-12-24-49(41)63-50/h4-34,64H,1,58-59H2,2-3H3/b15-5-,16-6-,25-7-. The van der Waals surface area contributed by atoms with Crippen LogP contribution in [0.2, 0.25) is 0 Å². The van der Waals surface area contributed by atoms with Gasteiger partial charge in [0.05, 0.1) is 50.2 Å². The maximum Gasteiger partial charge on any atom is 0.135 e. The van der Waals surface area contributed by atoms with Gasteiger partial charge in [0.2, 0.25) is 0 Å². The van der Waals surface area contributed by atoms with Crippen molar-refractivity contribution in [1.29, 1.82) is 0 Å². The van der Waals surface area contributed by atoms with E-state index in [1.807, 2.05) is 56.4 Å². The van der Waals surface area contributed by atoms with E-state index < -0.39 is 0 Å². The number of nitrogens with two attached hydrogens (primary N) is 2. The zero-order chi connectivity index (χ0) is 43.6. The van der Waals surface area contributed by atoms with E-state index >= 15 is 0 Å². The number of nitrogen functional groups attached to an aromatic ring is 2. The number of furan rings is 1. The van der Waals surface area contributed by atoms with Gasteiger partial charge in [-0.3, -0.25) is 0 Å². The van der Waals surface area contributed by atoms with Crippen LogP contribution in [0.5, 0.6) is 0 Å². The van der Waals surface area contributed by atoms with Crippen molar-refractivity contribution in [1.82, 2.24) is 13.7 Å². The number of para-hydroxylation sites is 1. The lowest BCUT2D eigenvalue weighted by Gasteiger charge is -2.12. The number of benzene rings is 7. The molecule has 0 aliphatic carbocycles. The van der Waals surface area contributed by atoms with Crippen molar-refractivity contribution in [3.63, 3.8) is 0 Å². The molecule has 0 atom stereocenters. The highest BCUT2D eigenvalue weighted by Gasteiger charge is 2.26. The topological polar surface area (TPSA) is 80.0 Å². The summed E-state index contributed by atoms with van der Waals surface area (Å²) in [5, 5.41) is 6.20. The number of hydrogen-bond acceptors (Lipinski definition) is 3. The van der Waals surface area contributed by atoms with E-state index in [-0.39, 0.29) is 0 Å². The molecule has 308 valence electrons. The highest BCUT2D eigenvalue weighted by molar-refractivity contribution is 7.22. The van der Waals surface area contributed by atoms with Crippen molar-refractivity contribution in [2.45, 2.75) is 13.8 Å². The van der Waals surface area contributed by atoms with E-state index in [4.69, 9.17) is 15.9 Å². The number of hydrogen-bond donors (Lipinski definition) is 2. The van der Waals surface area contributed by atoms with E-state index in [1.165, 1.54) is 0 Å². The summed E-state index contributed by atoms with van der Waals surface area (Å²) in [7, 11) is 4.12. The van der Waals surface area contributed by atoms with Crippen LogP contribution in [0, 0.1) is 0 Å². The Labute approximate surface area is 372 Å². The number of fused-ring (bicyclic) bond motifs is 10. The summed E-state index contributed by atoms with van der Waals surface area (Å²) < 4.78 is 13.0. The molecule has 11 rings (SSSR count). The zero-order valence-electron chi connectivity index (χ0n) is 35.5. The zero-order valence-corrected chi connectivity index (χ0v) is 36.5. The van der Waals surface area contributed by atoms with Crippen molar-refractivity contribution < 1.29 is 4.42 Å². The Balaban J connectivity index is 1.19. The molecule has 0 spiro atoms. The summed E-state index contributed by atoms with van der Waals surface area (Å²) >= 11 is 0. The number of allylic oxidation sites excluding steroid dienone is 5. The molecule has 7 heteroatoms. The molecular formula is C57H44N5OP. The van der Waals surface area contributed by atoms with E-state index in [2.05, 4.69) is 169 Å². The van der Waals surface area contributed by atoms with E-state index in [0.29, 0.717) is 11.4 Å². The second-order valence-corrected chi connectivity index (χ2v) is 16.6. The van der Waals surface area contributed by atoms with E-state index in [1.54, 1.807) is 6.08 Å². The maximum atomic E-state index is 7.43. The quantitative estimate of drug-likeness (QED) is 0.112. The summed E-state index contributed by atoms with van der Waals surface area (Å²) in [5.74, 6) is 0. The summed E-state index contributed by atoms with van der Waals surface area (Å²) in [6.07, 6.45) is 14.0. The minimum atomic E-state index is 0.681. The van der Waals surface area contributed by atoms with Crippen LogP contribution in [0.15, 0.2) is 187 Å². The first kappa shape index (κ1) is 38.8. The fourth-order valence-corrected chi connectivity index (χ4v) is 10.0. The highest BCUT2D eigenvalue weighted by atomic mass is 31.0. The van der Waals surface area contributed by atoms with Gasteiger partial charge in [0.1, 0.15) is 11.2 Å². The molecule has 0 fully saturated rings. The lowest BCUT2D eigenvalue weighted by Crippen LogP contribution is -2.06. The Bertz CT molecular complexity index is 3810. The first-order valence-corrected chi connectivity index (χ1v) is 22.0. The average molecular weight is 846 g/mol. The summed E-state index contributed by atoms with van der Waals surface area (Å²) in [5.41, 5.74) is 31.0. The molecule has 4 heterocycles. The van der Waals surface area contributed by atoms with Gasteiger partial charge in [-0.15, -0.1) is 0 Å². The van der Waals surface area contributed by atoms with Crippen LogP contribution in [0.1, 0.15) is 25.2 Å². The fraction of sp³-hybridized carbons (Fsp3) is 0.0351. The average Bonchev–Trinajstić information content (AvgIpc) is 4.04. The third-order valence-corrected chi connectivity index (χ3v) is 12.8. The van der Waals surface area contributed by atoms with Gasteiger partial charge in [-0.25, -0.2) is 0 Å². The van der Waals surface area contributed by atoms with Crippen LogP contribution in [0.3, 0.4) is 0 Å². The predicted molar refractivity (Wildman–Crippen MR) is 278 cm³/mol. The molecule has 0 amide bonds. The Kier molecular flexibility index (Phi) is 9.34. The van der Waals surface area contributed by atoms with Crippen molar-refractivity contribution >= 4 is 103 Å². The van der Waals surface area contributed by atoms with Crippen molar-refractivity contribution in [2.75, 3.05) is 11.5 Å². The molecule has 0 radical (unpaired) electrons. The Morgan fingerprint density at radius 1 is 0.547 bits per heavy atom. The highest BCUT2D eigenvalue weighted by Crippen LogP contribution is 2.46. The lowest BCUT2D eigenvalue weighted by molar-refractivity contribution is 0.669. The Morgan fingerprint density at radius 3 is 1.67 bits per heavy atom. The fourth-order valence-electron chi connectivity index (χ4n) is 9.69. The first-order valence-electron chi connectivity index (χ1n) is 21.5. The minimum absolute atomic E-state index is 0.681. The summed E-state index contributed by atoms with van der Waals surface area (Å²) in [6.45, 7) is 8.05. The van der Waals surface area contributed by atoms with Crippen LogP contribution >= 0.6 is 8.86 Å². The van der Waals surface area contributed by atoms with Crippen LogP contribution < -0.4 is 11.5 Å². The van der Waals surface area contributed by atoms with E-state index in [0.717, 1.165) is 116 Å². The SMILES string of the molecule is C=C/C=C\C(=P)n1c2c(ccc3c2c(N)c(/C=C\C)n3-c2cccc(-c3ccccc3)c2)c2ccc3c(c(N)c(/C=C\C)n3-c3cccc(-c4ccc5oc6ccccc6c5c4)c3)c21. The molecule has 0 saturated carbocycles. The molecule has 0 saturated heterocycles. The normalized spacial score (nSPS) is 12.3. The molecule has 64 heavy (non-hydrogen) atoms. The number of rotatable bonds is 9. The summed E-state index contributed by atoms with van der Waals surface area (Å²) in [6, 6.07) is 51.2. The van der Waals surface area contributed by atoms with Gasteiger partial charge in [-0.1, -0.05) is 131 Å². The maximum absolute atomic E-state index is 7.43.